The maximum absolute atomic E-state index is 13.6. The van der Waals surface area contributed by atoms with Gasteiger partial charge in [-0.1, -0.05) is 0 Å². The molecule has 2 atom stereocenters. The zero-order chi connectivity index (χ0) is 46.3. The molecule has 1 aromatic rings. The third-order valence-electron chi connectivity index (χ3n) is 10.4. The molecular formula is C48H86N4O8Sn. The summed E-state index contributed by atoms with van der Waals surface area (Å²) in [4.78, 5) is 68.2. The van der Waals surface area contributed by atoms with Gasteiger partial charge in [-0.15, -0.1) is 0 Å². The number of hydrogen-bond donors (Lipinski definition) is 3. The molecule has 0 heterocycles. The Balaban J connectivity index is 3.24. The monoisotopic (exact) mass is 967 g/mol. The van der Waals surface area contributed by atoms with Crippen LogP contribution in [-0.4, -0.2) is 95.1 Å². The molecule has 0 bridgehead atoms. The molecule has 0 aliphatic carbocycles. The molecule has 0 aromatic heterocycles. The average Bonchev–Trinajstić information content (AvgIpc) is 3.15. The van der Waals surface area contributed by atoms with Gasteiger partial charge in [0.25, 0.3) is 0 Å². The SMILES string of the molecule is CCC[CH2][Sn]([CH2]CCC)([CH2]CCC)[c]1ccc(CN(CCCC[C@H](NC(=O)N[C@@H](CCC(=O)OC(C)(C)C)C(=O)OC(C)(C)C)C(=O)OC(C)(C)C)C(=O)CCCCN)cc1. The van der Waals surface area contributed by atoms with Crippen molar-refractivity contribution in [1.29, 1.82) is 0 Å². The maximum atomic E-state index is 13.6. The van der Waals surface area contributed by atoms with Gasteiger partial charge >= 0.3 is 239 Å². The molecule has 4 N–H and O–H groups in total. The minimum atomic E-state index is -2.60. The first-order chi connectivity index (χ1) is 28.5. The Morgan fingerprint density at radius 3 is 1.54 bits per heavy atom. The van der Waals surface area contributed by atoms with E-state index in [-0.39, 0.29) is 25.2 Å². The second-order valence-corrected chi connectivity index (χ2v) is 33.0. The molecule has 0 aliphatic rings. The summed E-state index contributed by atoms with van der Waals surface area (Å²) in [6.45, 7) is 24.0. The first-order valence-electron chi connectivity index (χ1n) is 23.3. The number of rotatable bonds is 28. The molecule has 350 valence electrons. The van der Waals surface area contributed by atoms with Crippen LogP contribution in [0.15, 0.2) is 24.3 Å². The number of amides is 3. The normalized spacial score (nSPS) is 13.2. The van der Waals surface area contributed by atoms with Crippen LogP contribution in [-0.2, 0) is 39.9 Å². The first-order valence-corrected chi connectivity index (χ1v) is 30.8. The molecule has 0 saturated carbocycles. The molecule has 0 spiro atoms. The van der Waals surface area contributed by atoms with Crippen LogP contribution in [0.2, 0.25) is 13.3 Å². The van der Waals surface area contributed by atoms with Crippen LogP contribution >= 0.6 is 0 Å². The zero-order valence-electron chi connectivity index (χ0n) is 40.4. The van der Waals surface area contributed by atoms with Gasteiger partial charge in [0.05, 0.1) is 0 Å². The Labute approximate surface area is 374 Å². The Morgan fingerprint density at radius 1 is 0.623 bits per heavy atom. The number of nitrogens with one attached hydrogen (secondary N) is 2. The predicted molar refractivity (Wildman–Crippen MR) is 249 cm³/mol. The second-order valence-electron chi connectivity index (χ2n) is 19.8. The Bertz CT molecular complexity index is 1440. The molecule has 12 nitrogen and oxygen atoms in total. The number of nitrogens with two attached hydrogens (primary N) is 1. The van der Waals surface area contributed by atoms with Crippen LogP contribution in [0.25, 0.3) is 0 Å². The number of carbonyl (C=O) groups is 5. The van der Waals surface area contributed by atoms with Crippen LogP contribution < -0.4 is 19.9 Å². The first kappa shape index (κ1) is 56.1. The molecular weight excluding hydrogens is 879 g/mol. The summed E-state index contributed by atoms with van der Waals surface area (Å²) in [7, 11) is 0. The number of hydrogen-bond acceptors (Lipinski definition) is 9. The summed E-state index contributed by atoms with van der Waals surface area (Å²) in [5.74, 6) is -1.77. The number of carbonyl (C=O) groups excluding carboxylic acids is 5. The molecule has 0 unspecified atom stereocenters. The van der Waals surface area contributed by atoms with E-state index < -0.39 is 71.2 Å². The van der Waals surface area contributed by atoms with Crippen molar-refractivity contribution in [2.75, 3.05) is 13.1 Å². The van der Waals surface area contributed by atoms with Gasteiger partial charge in [0.2, 0.25) is 0 Å². The van der Waals surface area contributed by atoms with Gasteiger partial charge in [0, 0.05) is 6.42 Å². The van der Waals surface area contributed by atoms with Crippen molar-refractivity contribution < 1.29 is 38.2 Å². The molecule has 0 radical (unpaired) electrons. The van der Waals surface area contributed by atoms with Gasteiger partial charge in [0.1, 0.15) is 22.8 Å². The molecule has 1 rings (SSSR count). The average molecular weight is 966 g/mol. The zero-order valence-corrected chi connectivity index (χ0v) is 43.3. The van der Waals surface area contributed by atoms with Gasteiger partial charge in [-0.05, 0) is 68.7 Å². The van der Waals surface area contributed by atoms with E-state index in [1.165, 1.54) is 51.8 Å². The number of unbranched alkanes of at least 4 members (excludes halogenated alkanes) is 5. The van der Waals surface area contributed by atoms with Gasteiger partial charge in [-0.25, -0.2) is 14.4 Å². The topological polar surface area (TPSA) is 166 Å². The van der Waals surface area contributed by atoms with Crippen molar-refractivity contribution in [1.82, 2.24) is 15.5 Å². The van der Waals surface area contributed by atoms with E-state index in [0.717, 1.165) is 18.4 Å². The molecule has 61 heavy (non-hydrogen) atoms. The fourth-order valence-electron chi connectivity index (χ4n) is 7.32. The van der Waals surface area contributed by atoms with E-state index in [1.54, 1.807) is 65.9 Å². The van der Waals surface area contributed by atoms with Crippen molar-refractivity contribution in [3.8, 4) is 0 Å². The van der Waals surface area contributed by atoms with Crippen LogP contribution in [0, 0.1) is 0 Å². The van der Waals surface area contributed by atoms with Crippen molar-refractivity contribution in [3.05, 3.63) is 29.8 Å². The van der Waals surface area contributed by atoms with Crippen molar-refractivity contribution in [2.45, 2.75) is 222 Å². The molecule has 0 saturated heterocycles. The van der Waals surface area contributed by atoms with Gasteiger partial charge in [-0.3, -0.25) is 4.79 Å². The van der Waals surface area contributed by atoms with Crippen LogP contribution in [0.1, 0.15) is 179 Å². The van der Waals surface area contributed by atoms with E-state index in [2.05, 4.69) is 55.7 Å². The number of nitrogens with zero attached hydrogens (tertiary/aromatic N) is 1. The summed E-state index contributed by atoms with van der Waals surface area (Å²) < 4.78 is 22.4. The molecule has 3 amide bonds. The Hall–Kier alpha value is -2.87. The third kappa shape index (κ3) is 24.5. The van der Waals surface area contributed by atoms with E-state index in [0.29, 0.717) is 38.9 Å². The second kappa shape index (κ2) is 28.0. The number of urea groups is 1. The summed E-state index contributed by atoms with van der Waals surface area (Å²) in [6, 6.07) is 6.26. The van der Waals surface area contributed by atoms with Crippen molar-refractivity contribution in [3.63, 3.8) is 0 Å². The van der Waals surface area contributed by atoms with E-state index in [1.807, 2.05) is 4.90 Å². The van der Waals surface area contributed by atoms with Gasteiger partial charge in [0.15, 0.2) is 0 Å². The number of benzene rings is 1. The van der Waals surface area contributed by atoms with Gasteiger partial charge in [-0.2, -0.15) is 0 Å². The standard InChI is InChI=1S/C36H59N4O8.3C4H9.Sn/c1-34(2,3)46-30(42)22-21-28(32(44)48-36(7,8)9)39-33(45)38-27(31(43)47-35(4,5)6)19-14-16-24-40(29(41)20-13-15-23-37)25-26-17-11-10-12-18-26;3*1-3-4-2;/h11-12,17-18,27-28H,13-16,19-25,37H2,1-9H3,(H2,38,39,45);3*1,3-4H2,2H3;/t27-,28-;;;;/m0..../s1. The number of esters is 3. The van der Waals surface area contributed by atoms with E-state index in [4.69, 9.17) is 19.9 Å². The third-order valence-corrected chi connectivity index (χ3v) is 26.1. The van der Waals surface area contributed by atoms with Crippen LogP contribution in [0.3, 0.4) is 0 Å². The summed E-state index contributed by atoms with van der Waals surface area (Å²) >= 11 is -2.60. The fourth-order valence-corrected chi connectivity index (χ4v) is 23.2. The fraction of sp³-hybridized carbons (Fsp3) is 0.771. The minimum absolute atomic E-state index is 0.0629. The Kier molecular flexibility index (Phi) is 25.8. The summed E-state index contributed by atoms with van der Waals surface area (Å²) in [5, 5.41) is 5.34. The Morgan fingerprint density at radius 2 is 1.10 bits per heavy atom. The predicted octanol–water partition coefficient (Wildman–Crippen LogP) is 9.21. The van der Waals surface area contributed by atoms with Crippen LogP contribution in [0.4, 0.5) is 4.79 Å². The van der Waals surface area contributed by atoms with Crippen LogP contribution in [0.5, 0.6) is 0 Å². The van der Waals surface area contributed by atoms with Gasteiger partial charge < -0.3 is 19.5 Å². The molecule has 0 aliphatic heterocycles. The van der Waals surface area contributed by atoms with E-state index >= 15 is 0 Å². The summed E-state index contributed by atoms with van der Waals surface area (Å²) in [6.07, 6.45) is 10.6. The van der Waals surface area contributed by atoms with Crippen molar-refractivity contribution >= 4 is 51.8 Å². The molecule has 0 fully saturated rings. The van der Waals surface area contributed by atoms with Crippen molar-refractivity contribution in [2.24, 2.45) is 5.73 Å². The molecule has 13 heteroatoms. The van der Waals surface area contributed by atoms with E-state index in [9.17, 15) is 24.0 Å². The molecule has 1 aromatic carbocycles. The summed E-state index contributed by atoms with van der Waals surface area (Å²) in [5.41, 5.74) is 4.50. The number of ether oxygens (including phenoxy) is 3. The quantitative estimate of drug-likeness (QED) is 0.0321.